The lowest BCUT2D eigenvalue weighted by atomic mass is 10.1. The molecule has 0 bridgehead atoms. The van der Waals surface area contributed by atoms with Crippen molar-refractivity contribution < 1.29 is 14.3 Å². The highest BCUT2D eigenvalue weighted by molar-refractivity contribution is 9.10. The predicted molar refractivity (Wildman–Crippen MR) is 110 cm³/mol. The van der Waals surface area contributed by atoms with E-state index in [1.54, 1.807) is 38.3 Å². The highest BCUT2D eigenvalue weighted by Gasteiger charge is 2.36. The van der Waals surface area contributed by atoms with Crippen molar-refractivity contribution in [1.82, 2.24) is 4.90 Å². The van der Waals surface area contributed by atoms with Crippen molar-refractivity contribution in [2.75, 3.05) is 26.2 Å². The number of thiocarbonyl (C=S) groups is 1. The molecule has 0 N–H and O–H groups in total. The maximum absolute atomic E-state index is 13.0. The summed E-state index contributed by atoms with van der Waals surface area (Å²) in [5, 5.41) is 0.434. The minimum atomic E-state index is -0.176. The van der Waals surface area contributed by atoms with E-state index in [1.807, 2.05) is 36.4 Å². The molecule has 2 aromatic rings. The van der Waals surface area contributed by atoms with E-state index in [-0.39, 0.29) is 5.91 Å². The fourth-order valence-electron chi connectivity index (χ4n) is 2.69. The van der Waals surface area contributed by atoms with Gasteiger partial charge in [-0.15, -0.1) is 0 Å². The Balaban J connectivity index is 2.04. The summed E-state index contributed by atoms with van der Waals surface area (Å²) in [6, 6.07) is 13.0. The van der Waals surface area contributed by atoms with Crippen LogP contribution in [0.2, 0.25) is 0 Å². The molecule has 1 heterocycles. The van der Waals surface area contributed by atoms with Crippen LogP contribution in [-0.4, -0.2) is 37.2 Å². The van der Waals surface area contributed by atoms with E-state index < -0.39 is 0 Å². The molecule has 0 aliphatic carbocycles. The largest absolute Gasteiger partial charge is 0.493 e. The molecule has 1 aliphatic rings. The van der Waals surface area contributed by atoms with Gasteiger partial charge in [-0.3, -0.25) is 9.69 Å². The summed E-state index contributed by atoms with van der Waals surface area (Å²) in [6.45, 7) is 0. The Labute approximate surface area is 165 Å². The number of anilines is 1. The SMILES string of the molecule is COc1cc(Br)c(/C=C2/C(=O)N(c3ccccc3)C(=S)N2C)cc1OC. The van der Waals surface area contributed by atoms with E-state index in [4.69, 9.17) is 21.7 Å². The topological polar surface area (TPSA) is 42.0 Å². The average Bonchev–Trinajstić information content (AvgIpc) is 2.86. The second-order valence-corrected chi connectivity index (χ2v) is 6.80. The number of likely N-dealkylation sites (N-methyl/N-ethyl adjacent to an activating group) is 1. The molecule has 0 atom stereocenters. The van der Waals surface area contributed by atoms with Crippen LogP contribution in [0.25, 0.3) is 6.08 Å². The van der Waals surface area contributed by atoms with Crippen LogP contribution in [0.4, 0.5) is 5.69 Å². The van der Waals surface area contributed by atoms with Crippen LogP contribution in [0.15, 0.2) is 52.6 Å². The van der Waals surface area contributed by atoms with E-state index in [2.05, 4.69) is 15.9 Å². The number of hydrogen-bond donors (Lipinski definition) is 0. The normalized spacial score (nSPS) is 15.8. The molecule has 0 saturated carbocycles. The van der Waals surface area contributed by atoms with Crippen molar-refractivity contribution in [2.24, 2.45) is 0 Å². The summed E-state index contributed by atoms with van der Waals surface area (Å²) in [6.07, 6.45) is 1.78. The summed E-state index contributed by atoms with van der Waals surface area (Å²) in [5.41, 5.74) is 2.01. The van der Waals surface area contributed by atoms with Crippen molar-refractivity contribution in [2.45, 2.75) is 0 Å². The molecule has 0 radical (unpaired) electrons. The first-order valence-electron chi connectivity index (χ1n) is 7.78. The zero-order chi connectivity index (χ0) is 18.8. The van der Waals surface area contributed by atoms with Crippen LogP contribution < -0.4 is 14.4 Å². The van der Waals surface area contributed by atoms with Crippen LogP contribution in [0.1, 0.15) is 5.56 Å². The number of nitrogens with zero attached hydrogens (tertiary/aromatic N) is 2. The zero-order valence-electron chi connectivity index (χ0n) is 14.5. The highest BCUT2D eigenvalue weighted by Crippen LogP contribution is 2.35. The summed E-state index contributed by atoms with van der Waals surface area (Å²) < 4.78 is 11.4. The number of benzene rings is 2. The molecule has 0 unspecified atom stereocenters. The number of carbonyl (C=O) groups is 1. The summed E-state index contributed by atoms with van der Waals surface area (Å²) >= 11 is 8.99. The minimum absolute atomic E-state index is 0.176. The van der Waals surface area contributed by atoms with Gasteiger partial charge < -0.3 is 14.4 Å². The third kappa shape index (κ3) is 3.20. The monoisotopic (exact) mass is 432 g/mol. The molecule has 1 aliphatic heterocycles. The maximum Gasteiger partial charge on any atom is 0.281 e. The van der Waals surface area contributed by atoms with Gasteiger partial charge >= 0.3 is 0 Å². The number of hydrogen-bond acceptors (Lipinski definition) is 4. The third-order valence-electron chi connectivity index (χ3n) is 4.07. The first-order chi connectivity index (χ1) is 12.5. The van der Waals surface area contributed by atoms with Gasteiger partial charge in [-0.25, -0.2) is 0 Å². The molecule has 134 valence electrons. The first-order valence-corrected chi connectivity index (χ1v) is 8.98. The molecule has 5 nitrogen and oxygen atoms in total. The van der Waals surface area contributed by atoms with Gasteiger partial charge in [-0.2, -0.15) is 0 Å². The fourth-order valence-corrected chi connectivity index (χ4v) is 3.41. The van der Waals surface area contributed by atoms with Crippen molar-refractivity contribution in [3.05, 3.63) is 58.2 Å². The Morgan fingerprint density at radius 3 is 2.31 bits per heavy atom. The van der Waals surface area contributed by atoms with E-state index >= 15 is 0 Å². The standard InChI is InChI=1S/C19H17BrN2O3S/c1-21-15(9-12-10-16(24-2)17(25-3)11-14(12)20)18(23)22(19(21)26)13-7-5-4-6-8-13/h4-11H,1-3H3/b15-9-. The number of para-hydroxylation sites is 1. The molecular weight excluding hydrogens is 416 g/mol. The molecule has 1 amide bonds. The Hall–Kier alpha value is -2.38. The predicted octanol–water partition coefficient (Wildman–Crippen LogP) is 4.07. The maximum atomic E-state index is 13.0. The lowest BCUT2D eigenvalue weighted by Crippen LogP contribution is -2.30. The molecule has 2 aromatic carbocycles. The average molecular weight is 433 g/mol. The van der Waals surface area contributed by atoms with Crippen molar-refractivity contribution in [3.8, 4) is 11.5 Å². The Kier molecular flexibility index (Phi) is 5.29. The molecule has 3 rings (SSSR count). The Bertz CT molecular complexity index is 899. The molecule has 1 saturated heterocycles. The Morgan fingerprint density at radius 1 is 1.08 bits per heavy atom. The van der Waals surface area contributed by atoms with Gasteiger partial charge in [0.05, 0.1) is 19.9 Å². The van der Waals surface area contributed by atoms with Crippen LogP contribution in [0.3, 0.4) is 0 Å². The lowest BCUT2D eigenvalue weighted by Gasteiger charge is -2.16. The quantitative estimate of drug-likeness (QED) is 0.537. The van der Waals surface area contributed by atoms with Gasteiger partial charge in [0.25, 0.3) is 5.91 Å². The number of carbonyl (C=O) groups excluding carboxylic acids is 1. The number of amides is 1. The lowest BCUT2D eigenvalue weighted by molar-refractivity contribution is -0.114. The molecular formula is C19H17BrN2O3S. The minimum Gasteiger partial charge on any atom is -0.493 e. The molecule has 1 fully saturated rings. The van der Waals surface area contributed by atoms with Gasteiger partial charge in [0.15, 0.2) is 16.6 Å². The second kappa shape index (κ2) is 7.47. The van der Waals surface area contributed by atoms with Crippen LogP contribution in [0.5, 0.6) is 11.5 Å². The summed E-state index contributed by atoms with van der Waals surface area (Å²) in [5.74, 6) is 1.01. The van der Waals surface area contributed by atoms with Gasteiger partial charge in [0.2, 0.25) is 0 Å². The van der Waals surface area contributed by atoms with Crippen molar-refractivity contribution >= 4 is 50.9 Å². The molecule has 7 heteroatoms. The second-order valence-electron chi connectivity index (χ2n) is 5.58. The number of halogens is 1. The van der Waals surface area contributed by atoms with Crippen LogP contribution in [0, 0.1) is 0 Å². The fraction of sp³-hybridized carbons (Fsp3) is 0.158. The van der Waals surface area contributed by atoms with Crippen molar-refractivity contribution in [1.29, 1.82) is 0 Å². The van der Waals surface area contributed by atoms with Crippen molar-refractivity contribution in [3.63, 3.8) is 0 Å². The summed E-state index contributed by atoms with van der Waals surface area (Å²) in [7, 11) is 4.93. The van der Waals surface area contributed by atoms with E-state index in [0.29, 0.717) is 22.3 Å². The molecule has 0 aromatic heterocycles. The van der Waals surface area contributed by atoms with E-state index in [9.17, 15) is 4.79 Å². The number of ether oxygens (including phenoxy) is 2. The number of rotatable bonds is 4. The highest BCUT2D eigenvalue weighted by atomic mass is 79.9. The van der Waals surface area contributed by atoms with Gasteiger partial charge in [0, 0.05) is 11.5 Å². The molecule has 0 spiro atoms. The molecule has 26 heavy (non-hydrogen) atoms. The van der Waals surface area contributed by atoms with E-state index in [0.717, 1.165) is 15.7 Å². The van der Waals surface area contributed by atoms with Gasteiger partial charge in [-0.1, -0.05) is 34.1 Å². The third-order valence-corrected chi connectivity index (χ3v) is 5.21. The first kappa shape index (κ1) is 18.4. The zero-order valence-corrected chi connectivity index (χ0v) is 16.9. The van der Waals surface area contributed by atoms with Crippen LogP contribution >= 0.6 is 28.1 Å². The van der Waals surface area contributed by atoms with E-state index in [1.165, 1.54) is 4.90 Å². The van der Waals surface area contributed by atoms with Gasteiger partial charge in [-0.05, 0) is 48.1 Å². The summed E-state index contributed by atoms with van der Waals surface area (Å²) in [4.78, 5) is 16.2. The van der Waals surface area contributed by atoms with Crippen LogP contribution in [-0.2, 0) is 4.79 Å². The van der Waals surface area contributed by atoms with Gasteiger partial charge in [0.1, 0.15) is 5.70 Å². The smallest absolute Gasteiger partial charge is 0.281 e. The Morgan fingerprint density at radius 2 is 1.69 bits per heavy atom. The number of methoxy groups -OCH3 is 2.